The Balaban J connectivity index is 2.27. The van der Waals surface area contributed by atoms with Crippen LogP contribution in [0.15, 0.2) is 72.8 Å². The Bertz CT molecular complexity index is 1160. The maximum absolute atomic E-state index is 10.8. The van der Waals surface area contributed by atoms with Crippen LogP contribution in [-0.4, -0.2) is 17.3 Å². The zero-order valence-corrected chi connectivity index (χ0v) is 17.7. The van der Waals surface area contributed by atoms with Crippen molar-refractivity contribution in [1.29, 1.82) is 5.41 Å². The molecule has 0 heterocycles. The van der Waals surface area contributed by atoms with Crippen LogP contribution in [-0.2, 0) is 4.79 Å². The number of aryl methyl sites for hydroxylation is 1. The minimum atomic E-state index is -0.973. The zero-order chi connectivity index (χ0) is 22.4. The number of rotatable bonds is 7. The van der Waals surface area contributed by atoms with E-state index in [-0.39, 0.29) is 0 Å². The van der Waals surface area contributed by atoms with Gasteiger partial charge in [-0.3, -0.25) is 0 Å². The van der Waals surface area contributed by atoms with Crippen LogP contribution in [0.25, 0.3) is 17.2 Å². The third kappa shape index (κ3) is 4.98. The Hall–Kier alpha value is -3.92. The van der Waals surface area contributed by atoms with Crippen LogP contribution in [0.4, 0.5) is 5.69 Å². The molecule has 0 aromatic heterocycles. The van der Waals surface area contributed by atoms with Crippen LogP contribution >= 0.6 is 0 Å². The van der Waals surface area contributed by atoms with E-state index < -0.39 is 5.97 Å². The fourth-order valence-electron chi connectivity index (χ4n) is 3.73. The summed E-state index contributed by atoms with van der Waals surface area (Å²) in [5, 5.41) is 16.6. The molecule has 0 amide bonds. The quantitative estimate of drug-likeness (QED) is 0.192. The van der Waals surface area contributed by atoms with E-state index in [2.05, 4.69) is 19.1 Å². The summed E-state index contributed by atoms with van der Waals surface area (Å²) in [6.45, 7) is 4.16. The molecule has 0 radical (unpaired) electrons. The van der Waals surface area contributed by atoms with Crippen molar-refractivity contribution in [1.82, 2.24) is 0 Å². The first-order chi connectivity index (χ1) is 14.9. The van der Waals surface area contributed by atoms with Crippen molar-refractivity contribution in [3.8, 4) is 0 Å². The van der Waals surface area contributed by atoms with Gasteiger partial charge in [-0.15, -0.1) is 0 Å². The van der Waals surface area contributed by atoms with Crippen molar-refractivity contribution < 1.29 is 9.90 Å². The largest absolute Gasteiger partial charge is 0.478 e. The van der Waals surface area contributed by atoms with E-state index in [1.165, 1.54) is 11.8 Å². The second-order valence-electron chi connectivity index (χ2n) is 7.31. The molecule has 31 heavy (non-hydrogen) atoms. The lowest BCUT2D eigenvalue weighted by Gasteiger charge is -2.19. The van der Waals surface area contributed by atoms with E-state index in [9.17, 15) is 4.79 Å². The maximum atomic E-state index is 10.8. The molecule has 0 saturated carbocycles. The van der Waals surface area contributed by atoms with Gasteiger partial charge in [0, 0.05) is 23.5 Å². The highest BCUT2D eigenvalue weighted by Gasteiger charge is 2.16. The molecule has 0 saturated heterocycles. The molecule has 4 heteroatoms. The Labute approximate surface area is 182 Å². The molecular formula is C27H26N2O2. The number of nitrogens with one attached hydrogen (secondary N) is 1. The number of allylic oxidation sites excluding steroid dienone is 1. The highest BCUT2D eigenvalue weighted by Crippen LogP contribution is 2.37. The number of hydrogen-bond acceptors (Lipinski definition) is 3. The van der Waals surface area contributed by atoms with Gasteiger partial charge < -0.3 is 16.2 Å². The molecule has 156 valence electrons. The van der Waals surface area contributed by atoms with E-state index in [0.717, 1.165) is 45.9 Å². The molecule has 3 aromatic rings. The molecule has 0 unspecified atom stereocenters. The third-order valence-electron chi connectivity index (χ3n) is 5.25. The van der Waals surface area contributed by atoms with Crippen LogP contribution in [0, 0.1) is 12.3 Å². The Morgan fingerprint density at radius 2 is 1.71 bits per heavy atom. The number of carboxylic acid groups (broad SMARTS) is 1. The van der Waals surface area contributed by atoms with Crippen LogP contribution in [0.3, 0.4) is 0 Å². The molecule has 0 aliphatic heterocycles. The van der Waals surface area contributed by atoms with Gasteiger partial charge in [-0.1, -0.05) is 61.5 Å². The number of carbonyl (C=O) groups is 1. The Kier molecular flexibility index (Phi) is 6.83. The Morgan fingerprint density at radius 1 is 1.03 bits per heavy atom. The normalized spacial score (nSPS) is 11.9. The predicted molar refractivity (Wildman–Crippen MR) is 129 cm³/mol. The van der Waals surface area contributed by atoms with E-state index in [1.807, 2.05) is 61.5 Å². The van der Waals surface area contributed by atoms with Crippen molar-refractivity contribution in [2.75, 3.05) is 5.73 Å². The lowest BCUT2D eigenvalue weighted by Crippen LogP contribution is -2.01. The molecule has 0 fully saturated rings. The molecule has 0 spiro atoms. The fraction of sp³-hybridized carbons (Fsp3) is 0.111. The highest BCUT2D eigenvalue weighted by atomic mass is 16.4. The van der Waals surface area contributed by atoms with E-state index >= 15 is 0 Å². The lowest BCUT2D eigenvalue weighted by atomic mass is 9.85. The lowest BCUT2D eigenvalue weighted by molar-refractivity contribution is -0.131. The van der Waals surface area contributed by atoms with Crippen molar-refractivity contribution in [2.24, 2.45) is 0 Å². The second-order valence-corrected chi connectivity index (χ2v) is 7.31. The molecule has 0 atom stereocenters. The molecule has 3 aromatic carbocycles. The number of hydrogen-bond donors (Lipinski definition) is 3. The number of nitrogen functional groups attached to an aromatic ring is 1. The van der Waals surface area contributed by atoms with Gasteiger partial charge in [-0.2, -0.15) is 0 Å². The van der Waals surface area contributed by atoms with Crippen LogP contribution in [0.2, 0.25) is 0 Å². The van der Waals surface area contributed by atoms with Crippen LogP contribution in [0.1, 0.15) is 46.7 Å². The minimum Gasteiger partial charge on any atom is -0.478 e. The summed E-state index contributed by atoms with van der Waals surface area (Å²) in [4.78, 5) is 10.8. The fourth-order valence-corrected chi connectivity index (χ4v) is 3.73. The summed E-state index contributed by atoms with van der Waals surface area (Å²) in [5.41, 5.74) is 14.7. The second kappa shape index (κ2) is 9.72. The molecule has 0 aliphatic carbocycles. The first-order valence-corrected chi connectivity index (χ1v) is 10.2. The van der Waals surface area contributed by atoms with Gasteiger partial charge >= 0.3 is 5.97 Å². The Morgan fingerprint density at radius 3 is 2.29 bits per heavy atom. The molecule has 4 N–H and O–H groups in total. The first kappa shape index (κ1) is 21.8. The molecule has 0 bridgehead atoms. The zero-order valence-electron chi connectivity index (χ0n) is 17.7. The number of aliphatic carboxylic acids is 1. The van der Waals surface area contributed by atoms with Gasteiger partial charge in [-0.25, -0.2) is 4.79 Å². The highest BCUT2D eigenvalue weighted by molar-refractivity contribution is 6.01. The average molecular weight is 411 g/mol. The summed E-state index contributed by atoms with van der Waals surface area (Å²) >= 11 is 0. The predicted octanol–water partition coefficient (Wildman–Crippen LogP) is 6.04. The van der Waals surface area contributed by atoms with Gasteiger partial charge in [0.15, 0.2) is 0 Å². The van der Waals surface area contributed by atoms with E-state index in [1.54, 1.807) is 6.08 Å². The van der Waals surface area contributed by atoms with Gasteiger partial charge in [0.2, 0.25) is 0 Å². The third-order valence-corrected chi connectivity index (χ3v) is 5.25. The number of anilines is 1. The van der Waals surface area contributed by atoms with Crippen molar-refractivity contribution in [3.63, 3.8) is 0 Å². The topological polar surface area (TPSA) is 87.2 Å². The molecular weight excluding hydrogens is 384 g/mol. The van der Waals surface area contributed by atoms with E-state index in [0.29, 0.717) is 11.3 Å². The summed E-state index contributed by atoms with van der Waals surface area (Å²) in [6.07, 6.45) is 4.82. The molecule has 4 nitrogen and oxygen atoms in total. The first-order valence-electron chi connectivity index (χ1n) is 10.2. The van der Waals surface area contributed by atoms with Gasteiger partial charge in [0.05, 0.1) is 0 Å². The minimum absolute atomic E-state index is 0.586. The van der Waals surface area contributed by atoms with Crippen molar-refractivity contribution >= 4 is 35.1 Å². The number of benzene rings is 3. The summed E-state index contributed by atoms with van der Waals surface area (Å²) in [6, 6.07) is 22.0. The SMILES string of the molecule is CC/C(=C(/c1ccc(/C=C/C(=O)O)cc1)c1cc(C=N)c(N)cc1C)c1ccccc1. The summed E-state index contributed by atoms with van der Waals surface area (Å²) in [5.74, 6) is -0.973. The van der Waals surface area contributed by atoms with Crippen LogP contribution in [0.5, 0.6) is 0 Å². The van der Waals surface area contributed by atoms with E-state index in [4.69, 9.17) is 16.2 Å². The number of nitrogens with two attached hydrogens (primary N) is 1. The summed E-state index contributed by atoms with van der Waals surface area (Å²) < 4.78 is 0. The van der Waals surface area contributed by atoms with Crippen LogP contribution < -0.4 is 5.73 Å². The molecule has 0 aliphatic rings. The van der Waals surface area contributed by atoms with Crippen molar-refractivity contribution in [2.45, 2.75) is 20.3 Å². The standard InChI is InChI=1S/C27H26N2O2/c1-3-23(20-7-5-4-6-8-20)27(24-16-22(17-28)25(29)15-18(24)2)21-12-9-19(10-13-21)11-14-26(30)31/h4-17,28H,3,29H2,1-2H3,(H,30,31)/b14-11+,27-23+,28-17?. The van der Waals surface area contributed by atoms with Crippen molar-refractivity contribution in [3.05, 3.63) is 106 Å². The monoisotopic (exact) mass is 410 g/mol. The smallest absolute Gasteiger partial charge is 0.328 e. The number of carboxylic acids is 1. The summed E-state index contributed by atoms with van der Waals surface area (Å²) in [7, 11) is 0. The van der Waals surface area contributed by atoms with Gasteiger partial charge in [0.1, 0.15) is 0 Å². The maximum Gasteiger partial charge on any atom is 0.328 e. The molecule has 3 rings (SSSR count). The van der Waals surface area contributed by atoms with Gasteiger partial charge in [-0.05, 0) is 70.5 Å². The average Bonchev–Trinajstić information content (AvgIpc) is 2.78. The van der Waals surface area contributed by atoms with Gasteiger partial charge in [0.25, 0.3) is 0 Å².